The molecular formula is C58H38N2O. The van der Waals surface area contributed by atoms with E-state index in [1.54, 1.807) is 0 Å². The van der Waals surface area contributed by atoms with Crippen molar-refractivity contribution in [2.75, 3.05) is 4.90 Å². The number of hydrogen-bond acceptors (Lipinski definition) is 2. The molecular weight excluding hydrogens is 741 g/mol. The van der Waals surface area contributed by atoms with E-state index in [1.807, 2.05) is 12.1 Å². The van der Waals surface area contributed by atoms with Crippen molar-refractivity contribution < 1.29 is 4.42 Å². The Hall–Kier alpha value is -8.14. The Morgan fingerprint density at radius 1 is 0.311 bits per heavy atom. The largest absolute Gasteiger partial charge is 0.456 e. The molecule has 3 nitrogen and oxygen atoms in total. The number of nitrogens with zero attached hydrogens (tertiary/aromatic N) is 2. The molecule has 0 bridgehead atoms. The molecule has 12 aromatic rings. The Balaban J connectivity index is 1.07. The van der Waals surface area contributed by atoms with E-state index in [0.717, 1.165) is 66.9 Å². The molecule has 3 heteroatoms. The topological polar surface area (TPSA) is 21.3 Å². The van der Waals surface area contributed by atoms with Crippen LogP contribution < -0.4 is 4.90 Å². The summed E-state index contributed by atoms with van der Waals surface area (Å²) in [6.45, 7) is 0. The predicted octanol–water partition coefficient (Wildman–Crippen LogP) is 16.3. The van der Waals surface area contributed by atoms with Gasteiger partial charge in [0.15, 0.2) is 0 Å². The highest BCUT2D eigenvalue weighted by molar-refractivity contribution is 6.10. The third kappa shape index (κ3) is 5.90. The molecule has 0 saturated heterocycles. The number of hydrogen-bond donors (Lipinski definition) is 0. The Kier molecular flexibility index (Phi) is 8.17. The highest BCUT2D eigenvalue weighted by atomic mass is 16.3. The minimum Gasteiger partial charge on any atom is -0.456 e. The summed E-state index contributed by atoms with van der Waals surface area (Å²) in [7, 11) is 0. The van der Waals surface area contributed by atoms with Gasteiger partial charge in [-0.25, -0.2) is 0 Å². The lowest BCUT2D eigenvalue weighted by Crippen LogP contribution is -2.10. The van der Waals surface area contributed by atoms with Crippen molar-refractivity contribution in [1.29, 1.82) is 0 Å². The molecule has 0 spiro atoms. The van der Waals surface area contributed by atoms with Crippen molar-refractivity contribution in [3.05, 3.63) is 231 Å². The summed E-state index contributed by atoms with van der Waals surface area (Å²) in [5, 5.41) is 7.18. The van der Waals surface area contributed by atoms with E-state index in [0.29, 0.717) is 0 Å². The Bertz CT molecular complexity index is 3540. The summed E-state index contributed by atoms with van der Waals surface area (Å²) in [6, 6.07) is 83.1. The van der Waals surface area contributed by atoms with Crippen LogP contribution in [0, 0.1) is 0 Å². The molecule has 0 radical (unpaired) electrons. The number of furan rings is 1. The summed E-state index contributed by atoms with van der Waals surface area (Å²) >= 11 is 0. The second kappa shape index (κ2) is 14.3. The molecule has 0 aliphatic heterocycles. The van der Waals surface area contributed by atoms with E-state index in [1.165, 1.54) is 43.7 Å². The SMILES string of the molecule is c1ccc(N(c2ccc(-c3ccc4ccccc4c3)cc2)c2ccc(-c3ccccc3-n3c4ccccc4c4ccccc43)c(-c3ccc4oc5ccccc5c4c3)c2)cc1. The maximum absolute atomic E-state index is 6.34. The molecule has 0 fully saturated rings. The average Bonchev–Trinajstić information content (AvgIpc) is 3.87. The minimum atomic E-state index is 0.880. The van der Waals surface area contributed by atoms with Gasteiger partial charge in [-0.2, -0.15) is 0 Å². The lowest BCUT2D eigenvalue weighted by molar-refractivity contribution is 0.669. The van der Waals surface area contributed by atoms with Crippen LogP contribution in [0.1, 0.15) is 0 Å². The zero-order chi connectivity index (χ0) is 40.3. The number of benzene rings is 10. The lowest BCUT2D eigenvalue weighted by Gasteiger charge is -2.27. The zero-order valence-corrected chi connectivity index (χ0v) is 33.2. The van der Waals surface area contributed by atoms with E-state index in [9.17, 15) is 0 Å². The standard InChI is InChI=1S/C58H38N2O/c1-2-16-44(17-3-1)59(45-31-28-40(29-32-45)42-27-26-39-14-4-5-15-41(39)36-42)46-33-34-47(52(38-46)43-30-35-58-53(37-43)51-21-9-13-25-57(51)61-58)48-18-6-10-22-54(48)60-55-23-11-7-19-49(55)50-20-8-12-24-56(50)60/h1-38H. The van der Waals surface area contributed by atoms with Gasteiger partial charge in [-0.15, -0.1) is 0 Å². The first kappa shape index (κ1) is 34.9. The number of aromatic nitrogens is 1. The van der Waals surface area contributed by atoms with Crippen molar-refractivity contribution in [1.82, 2.24) is 4.57 Å². The summed E-state index contributed by atoms with van der Waals surface area (Å²) in [5.41, 5.74) is 15.4. The monoisotopic (exact) mass is 778 g/mol. The highest BCUT2D eigenvalue weighted by Gasteiger charge is 2.21. The third-order valence-corrected chi connectivity index (χ3v) is 12.2. The van der Waals surface area contributed by atoms with E-state index in [-0.39, 0.29) is 0 Å². The number of para-hydroxylation sites is 5. The molecule has 10 aromatic carbocycles. The fourth-order valence-corrected chi connectivity index (χ4v) is 9.31. The van der Waals surface area contributed by atoms with Crippen LogP contribution in [0.5, 0.6) is 0 Å². The number of anilines is 3. The summed E-state index contributed by atoms with van der Waals surface area (Å²) in [4.78, 5) is 2.36. The first-order valence-electron chi connectivity index (χ1n) is 20.8. The molecule has 61 heavy (non-hydrogen) atoms. The van der Waals surface area contributed by atoms with Gasteiger partial charge in [0.2, 0.25) is 0 Å². The molecule has 286 valence electrons. The molecule has 2 heterocycles. The first-order valence-corrected chi connectivity index (χ1v) is 20.8. The fraction of sp³-hybridized carbons (Fsp3) is 0. The summed E-state index contributed by atoms with van der Waals surface area (Å²) < 4.78 is 8.77. The lowest BCUT2D eigenvalue weighted by atomic mass is 9.91. The van der Waals surface area contributed by atoms with Crippen LogP contribution in [-0.4, -0.2) is 4.57 Å². The molecule has 0 atom stereocenters. The van der Waals surface area contributed by atoms with E-state index >= 15 is 0 Å². The van der Waals surface area contributed by atoms with Crippen LogP contribution in [0.25, 0.3) is 93.6 Å². The van der Waals surface area contributed by atoms with Gasteiger partial charge in [0.1, 0.15) is 11.2 Å². The number of fused-ring (bicyclic) bond motifs is 7. The smallest absolute Gasteiger partial charge is 0.135 e. The van der Waals surface area contributed by atoms with Crippen LogP contribution in [0.4, 0.5) is 17.1 Å². The van der Waals surface area contributed by atoms with Gasteiger partial charge in [0, 0.05) is 44.2 Å². The Morgan fingerprint density at radius 3 is 1.70 bits per heavy atom. The Labute approximate surface area is 353 Å². The predicted molar refractivity (Wildman–Crippen MR) is 257 cm³/mol. The number of rotatable bonds is 7. The van der Waals surface area contributed by atoms with Crippen LogP contribution in [0.3, 0.4) is 0 Å². The summed E-state index contributed by atoms with van der Waals surface area (Å²) in [6.07, 6.45) is 0. The summed E-state index contributed by atoms with van der Waals surface area (Å²) in [5.74, 6) is 0. The van der Waals surface area contributed by atoms with Crippen molar-refractivity contribution in [2.24, 2.45) is 0 Å². The van der Waals surface area contributed by atoms with Crippen molar-refractivity contribution in [3.8, 4) is 39.1 Å². The molecule has 0 unspecified atom stereocenters. The molecule has 0 aliphatic carbocycles. The molecule has 0 N–H and O–H groups in total. The van der Waals surface area contributed by atoms with Gasteiger partial charge in [-0.05, 0) is 117 Å². The van der Waals surface area contributed by atoms with E-state index < -0.39 is 0 Å². The van der Waals surface area contributed by atoms with Gasteiger partial charge in [0.05, 0.1) is 16.7 Å². The Morgan fingerprint density at radius 2 is 0.902 bits per heavy atom. The van der Waals surface area contributed by atoms with Gasteiger partial charge in [0.25, 0.3) is 0 Å². The van der Waals surface area contributed by atoms with Crippen LogP contribution in [-0.2, 0) is 0 Å². The van der Waals surface area contributed by atoms with Gasteiger partial charge in [-0.3, -0.25) is 0 Å². The maximum atomic E-state index is 6.34. The molecule has 0 saturated carbocycles. The minimum absolute atomic E-state index is 0.880. The normalized spacial score (nSPS) is 11.6. The van der Waals surface area contributed by atoms with Gasteiger partial charge < -0.3 is 13.9 Å². The maximum Gasteiger partial charge on any atom is 0.135 e. The van der Waals surface area contributed by atoms with E-state index in [2.05, 4.69) is 228 Å². The molecule has 12 rings (SSSR count). The zero-order valence-electron chi connectivity index (χ0n) is 33.2. The molecule has 0 aliphatic rings. The van der Waals surface area contributed by atoms with E-state index in [4.69, 9.17) is 4.42 Å². The van der Waals surface area contributed by atoms with Crippen LogP contribution in [0.2, 0.25) is 0 Å². The van der Waals surface area contributed by atoms with Crippen molar-refractivity contribution >= 4 is 71.6 Å². The second-order valence-corrected chi connectivity index (χ2v) is 15.7. The molecule has 2 aromatic heterocycles. The van der Waals surface area contributed by atoms with Crippen molar-refractivity contribution in [3.63, 3.8) is 0 Å². The molecule has 0 amide bonds. The third-order valence-electron chi connectivity index (χ3n) is 12.2. The quantitative estimate of drug-likeness (QED) is 0.161. The second-order valence-electron chi connectivity index (χ2n) is 15.7. The average molecular weight is 779 g/mol. The fourth-order valence-electron chi connectivity index (χ4n) is 9.31. The van der Waals surface area contributed by atoms with Gasteiger partial charge >= 0.3 is 0 Å². The van der Waals surface area contributed by atoms with Crippen LogP contribution >= 0.6 is 0 Å². The highest BCUT2D eigenvalue weighted by Crippen LogP contribution is 2.45. The van der Waals surface area contributed by atoms with Crippen LogP contribution in [0.15, 0.2) is 235 Å². The first-order chi connectivity index (χ1) is 30.2. The van der Waals surface area contributed by atoms with Gasteiger partial charge in [-0.1, -0.05) is 152 Å². The van der Waals surface area contributed by atoms with Crippen molar-refractivity contribution in [2.45, 2.75) is 0 Å².